The van der Waals surface area contributed by atoms with Gasteiger partial charge in [-0.3, -0.25) is 4.79 Å². The molecule has 0 aliphatic heterocycles. The second kappa shape index (κ2) is 10.8. The van der Waals surface area contributed by atoms with Crippen molar-refractivity contribution in [1.29, 1.82) is 0 Å². The molecule has 0 saturated heterocycles. The smallest absolute Gasteiger partial charge is 0.327 e. The van der Waals surface area contributed by atoms with E-state index in [9.17, 15) is 14.7 Å². The van der Waals surface area contributed by atoms with Crippen LogP contribution in [-0.4, -0.2) is 34.4 Å². The van der Waals surface area contributed by atoms with Crippen molar-refractivity contribution in [3.63, 3.8) is 0 Å². The zero-order chi connectivity index (χ0) is 21.6. The van der Waals surface area contributed by atoms with Crippen molar-refractivity contribution in [2.45, 2.75) is 72.0 Å². The number of esters is 1. The van der Waals surface area contributed by atoms with Crippen LogP contribution < -0.4 is 0 Å². The van der Waals surface area contributed by atoms with Gasteiger partial charge in [0.25, 0.3) is 0 Å². The first-order chi connectivity index (χ1) is 13.7. The summed E-state index contributed by atoms with van der Waals surface area (Å²) >= 11 is 0. The van der Waals surface area contributed by atoms with E-state index in [1.54, 1.807) is 0 Å². The van der Waals surface area contributed by atoms with Crippen LogP contribution in [0.15, 0.2) is 36.0 Å². The van der Waals surface area contributed by atoms with Crippen LogP contribution in [0.2, 0.25) is 0 Å². The Morgan fingerprint density at radius 1 is 1.34 bits per heavy atom. The van der Waals surface area contributed by atoms with E-state index in [-0.39, 0.29) is 29.8 Å². The van der Waals surface area contributed by atoms with Gasteiger partial charge in [-0.2, -0.15) is 0 Å². The summed E-state index contributed by atoms with van der Waals surface area (Å²) in [7, 11) is 0. The number of aliphatic carboxylic acids is 1. The molecule has 7 atom stereocenters. The molecule has 0 saturated carbocycles. The number of hydrogen-bond donors (Lipinski definition) is 2. The molecule has 0 aromatic rings. The van der Waals surface area contributed by atoms with Crippen molar-refractivity contribution in [3.05, 3.63) is 36.0 Å². The molecule has 0 amide bonds. The summed E-state index contributed by atoms with van der Waals surface area (Å²) in [6.07, 6.45) is 11.9. The molecule has 0 bridgehead atoms. The quantitative estimate of drug-likeness (QED) is 0.436. The predicted octanol–water partition coefficient (Wildman–Crippen LogP) is 4.52. The third kappa shape index (κ3) is 6.56. The van der Waals surface area contributed by atoms with Crippen LogP contribution >= 0.6 is 0 Å². The number of fused-ring (bicyclic) bond motifs is 1. The van der Waals surface area contributed by atoms with Crippen molar-refractivity contribution in [3.8, 4) is 0 Å². The summed E-state index contributed by atoms with van der Waals surface area (Å²) in [5.41, 5.74) is 1.24. The van der Waals surface area contributed by atoms with Crippen molar-refractivity contribution in [1.82, 2.24) is 0 Å². The number of rotatable bonds is 9. The van der Waals surface area contributed by atoms with E-state index in [1.807, 2.05) is 13.8 Å². The second-order valence-corrected chi connectivity index (χ2v) is 8.78. The highest BCUT2D eigenvalue weighted by atomic mass is 16.5. The monoisotopic (exact) mass is 404 g/mol. The van der Waals surface area contributed by atoms with Gasteiger partial charge in [-0.25, -0.2) is 4.79 Å². The van der Waals surface area contributed by atoms with Crippen molar-refractivity contribution < 1.29 is 24.5 Å². The summed E-state index contributed by atoms with van der Waals surface area (Å²) in [6.45, 7) is 8.25. The molecule has 2 aliphatic rings. The van der Waals surface area contributed by atoms with Gasteiger partial charge in [-0.15, -0.1) is 0 Å². The Hall–Kier alpha value is -1.88. The van der Waals surface area contributed by atoms with Crippen molar-refractivity contribution in [2.75, 3.05) is 0 Å². The van der Waals surface area contributed by atoms with Crippen LogP contribution in [0.25, 0.3) is 0 Å². The number of aliphatic hydroxyl groups excluding tert-OH is 1. The Kier molecular flexibility index (Phi) is 8.69. The molecule has 0 aromatic heterocycles. The lowest BCUT2D eigenvalue weighted by atomic mass is 9.65. The third-order valence-corrected chi connectivity index (χ3v) is 6.38. The minimum atomic E-state index is -1.000. The van der Waals surface area contributed by atoms with Crippen LogP contribution in [0.3, 0.4) is 0 Å². The Balaban J connectivity index is 2.11. The molecular weight excluding hydrogens is 368 g/mol. The lowest BCUT2D eigenvalue weighted by Gasteiger charge is -2.43. The Bertz CT molecular complexity index is 662. The highest BCUT2D eigenvalue weighted by Crippen LogP contribution is 2.45. The van der Waals surface area contributed by atoms with Gasteiger partial charge in [-0.05, 0) is 55.4 Å². The summed E-state index contributed by atoms with van der Waals surface area (Å²) in [5, 5.41) is 19.0. The summed E-state index contributed by atoms with van der Waals surface area (Å²) in [6, 6.07) is 0. The largest absolute Gasteiger partial charge is 0.478 e. The molecular formula is C24H36O5. The van der Waals surface area contributed by atoms with Gasteiger partial charge in [0.2, 0.25) is 0 Å². The summed E-state index contributed by atoms with van der Waals surface area (Å²) < 4.78 is 6.01. The van der Waals surface area contributed by atoms with Crippen LogP contribution in [0, 0.1) is 29.6 Å². The summed E-state index contributed by atoms with van der Waals surface area (Å²) in [5.74, 6) is -0.0883. The van der Waals surface area contributed by atoms with Crippen molar-refractivity contribution in [2.24, 2.45) is 29.6 Å². The average molecular weight is 405 g/mol. The number of ether oxygens (including phenoxy) is 1. The fourth-order valence-corrected chi connectivity index (χ4v) is 4.48. The zero-order valence-electron chi connectivity index (χ0n) is 18.1. The molecule has 5 nitrogen and oxygen atoms in total. The first kappa shape index (κ1) is 23.4. The second-order valence-electron chi connectivity index (χ2n) is 8.78. The maximum atomic E-state index is 12.5. The van der Waals surface area contributed by atoms with E-state index < -0.39 is 12.1 Å². The average Bonchev–Trinajstić information content (AvgIpc) is 2.66. The first-order valence-electron chi connectivity index (χ1n) is 10.9. The van der Waals surface area contributed by atoms with Gasteiger partial charge in [0, 0.05) is 12.0 Å². The van der Waals surface area contributed by atoms with Crippen LogP contribution in [0.4, 0.5) is 0 Å². The molecule has 0 heterocycles. The minimum absolute atomic E-state index is 0.0995. The number of carboxylic acid groups (broad SMARTS) is 1. The highest BCUT2D eigenvalue weighted by molar-refractivity contribution is 5.79. The fourth-order valence-electron chi connectivity index (χ4n) is 4.48. The highest BCUT2D eigenvalue weighted by Gasteiger charge is 2.41. The van der Waals surface area contributed by atoms with E-state index in [1.165, 1.54) is 11.6 Å². The Labute approximate surface area is 174 Å². The number of carbonyl (C=O) groups excluding carboxylic acids is 1. The van der Waals surface area contributed by atoms with E-state index in [2.05, 4.69) is 32.1 Å². The standard InChI is InChI=1S/C24H36O5/c1-5-16(3)24(28)29-21-14-15(2)13-18-10-9-17(4)20(23(18)21)12-11-19(25)7-6-8-22(26)27/h6,8-10,13,15-17,19-21,23,25H,5,7,11-12,14H2,1-4H3,(H,26,27)/b8-6+/t15-,16-,17-,19+,20-,21-,23-/m1/s1. The third-order valence-electron chi connectivity index (χ3n) is 6.38. The predicted molar refractivity (Wildman–Crippen MR) is 113 cm³/mol. The Morgan fingerprint density at radius 3 is 2.72 bits per heavy atom. The molecule has 0 aromatic carbocycles. The van der Waals surface area contributed by atoms with Gasteiger partial charge in [0.1, 0.15) is 6.10 Å². The van der Waals surface area contributed by atoms with E-state index >= 15 is 0 Å². The molecule has 2 aliphatic carbocycles. The molecule has 0 spiro atoms. The van der Waals surface area contributed by atoms with Gasteiger partial charge in [0.05, 0.1) is 12.0 Å². The molecule has 0 unspecified atom stereocenters. The lowest BCUT2D eigenvalue weighted by Crippen LogP contribution is -2.41. The SMILES string of the molecule is CC[C@@H](C)C(=O)O[C@@H]1C[C@H](C)C=C2C=C[C@@H](C)[C@@H](CC[C@@H](O)C/C=C/C(=O)O)[C@@H]21. The van der Waals surface area contributed by atoms with E-state index in [4.69, 9.17) is 9.84 Å². The number of hydrogen-bond acceptors (Lipinski definition) is 4. The van der Waals surface area contributed by atoms with E-state index in [0.717, 1.165) is 25.3 Å². The van der Waals surface area contributed by atoms with Crippen LogP contribution in [0.5, 0.6) is 0 Å². The maximum absolute atomic E-state index is 12.5. The van der Waals surface area contributed by atoms with Crippen LogP contribution in [0.1, 0.15) is 59.8 Å². The molecule has 29 heavy (non-hydrogen) atoms. The zero-order valence-corrected chi connectivity index (χ0v) is 18.1. The van der Waals surface area contributed by atoms with Gasteiger partial charge >= 0.3 is 11.9 Å². The van der Waals surface area contributed by atoms with Gasteiger partial charge in [0.15, 0.2) is 0 Å². The number of aliphatic hydroxyl groups is 1. The molecule has 0 fully saturated rings. The number of allylic oxidation sites excluding steroid dienone is 3. The molecule has 0 radical (unpaired) electrons. The topological polar surface area (TPSA) is 83.8 Å². The number of carboxylic acids is 1. The van der Waals surface area contributed by atoms with Crippen molar-refractivity contribution >= 4 is 11.9 Å². The molecule has 2 N–H and O–H groups in total. The Morgan fingerprint density at radius 2 is 2.07 bits per heavy atom. The van der Waals surface area contributed by atoms with E-state index in [0.29, 0.717) is 24.7 Å². The maximum Gasteiger partial charge on any atom is 0.327 e. The lowest BCUT2D eigenvalue weighted by molar-refractivity contribution is -0.158. The first-order valence-corrected chi connectivity index (χ1v) is 10.9. The van der Waals surface area contributed by atoms with Crippen LogP contribution in [-0.2, 0) is 14.3 Å². The normalized spacial score (nSPS) is 31.1. The van der Waals surface area contributed by atoms with Gasteiger partial charge in [-0.1, -0.05) is 52.0 Å². The minimum Gasteiger partial charge on any atom is -0.478 e. The summed E-state index contributed by atoms with van der Waals surface area (Å²) in [4.78, 5) is 23.1. The molecule has 2 rings (SSSR count). The van der Waals surface area contributed by atoms with Gasteiger partial charge < -0.3 is 14.9 Å². The number of carbonyl (C=O) groups is 2. The molecule has 5 heteroatoms. The molecule has 162 valence electrons. The fraction of sp³-hybridized carbons (Fsp3) is 0.667.